The van der Waals surface area contributed by atoms with Gasteiger partial charge in [-0.2, -0.15) is 0 Å². The second-order valence-corrected chi connectivity index (χ2v) is 5.49. The van der Waals surface area contributed by atoms with Gasteiger partial charge in [-0.15, -0.1) is 11.3 Å². The number of aryl methyl sites for hydroxylation is 2. The van der Waals surface area contributed by atoms with Crippen LogP contribution in [0.15, 0.2) is 18.3 Å². The minimum atomic E-state index is -0.208. The highest BCUT2D eigenvalue weighted by molar-refractivity contribution is 7.15. The van der Waals surface area contributed by atoms with Crippen LogP contribution in [-0.2, 0) is 6.42 Å². The third-order valence-corrected chi connectivity index (χ3v) is 3.34. The Morgan fingerprint density at radius 2 is 2.26 bits per heavy atom. The van der Waals surface area contributed by atoms with E-state index in [0.29, 0.717) is 16.5 Å². The lowest BCUT2D eigenvalue weighted by Crippen LogP contribution is -2.13. The van der Waals surface area contributed by atoms with Crippen molar-refractivity contribution in [1.82, 2.24) is 9.97 Å². The Balaban J connectivity index is 2.18. The molecule has 0 bridgehead atoms. The van der Waals surface area contributed by atoms with E-state index in [1.807, 2.05) is 6.92 Å². The number of hydrogen-bond donors (Lipinski definition) is 2. The van der Waals surface area contributed by atoms with Crippen LogP contribution in [0.25, 0.3) is 0 Å². The van der Waals surface area contributed by atoms with Crippen LogP contribution in [0.3, 0.4) is 0 Å². The minimum absolute atomic E-state index is 0.208. The van der Waals surface area contributed by atoms with Crippen LogP contribution in [0.4, 0.5) is 10.9 Å². The third kappa shape index (κ3) is 3.51. The molecule has 0 aliphatic rings. The van der Waals surface area contributed by atoms with Crippen molar-refractivity contribution in [3.8, 4) is 0 Å². The van der Waals surface area contributed by atoms with Gasteiger partial charge in [0.05, 0.1) is 0 Å². The summed E-state index contributed by atoms with van der Waals surface area (Å²) in [6.07, 6.45) is 3.49. The van der Waals surface area contributed by atoms with E-state index in [1.54, 1.807) is 18.3 Å². The molecule has 0 fully saturated rings. The van der Waals surface area contributed by atoms with Crippen LogP contribution in [-0.4, -0.2) is 15.9 Å². The molecule has 100 valence electrons. The molecule has 2 heterocycles. The number of amides is 1. The van der Waals surface area contributed by atoms with Crippen LogP contribution in [0, 0.1) is 6.92 Å². The number of anilines is 2. The summed E-state index contributed by atoms with van der Waals surface area (Å²) in [5, 5.41) is 3.35. The van der Waals surface area contributed by atoms with E-state index >= 15 is 0 Å². The summed E-state index contributed by atoms with van der Waals surface area (Å²) in [5.41, 5.74) is 7.07. The fraction of sp³-hybridized carbons (Fsp3) is 0.308. The predicted octanol–water partition coefficient (Wildman–Crippen LogP) is 2.63. The number of carbonyl (C=O) groups is 1. The van der Waals surface area contributed by atoms with Gasteiger partial charge >= 0.3 is 0 Å². The molecule has 3 N–H and O–H groups in total. The van der Waals surface area contributed by atoms with Gasteiger partial charge in [-0.1, -0.05) is 13.3 Å². The zero-order valence-electron chi connectivity index (χ0n) is 10.9. The lowest BCUT2D eigenvalue weighted by Gasteiger charge is -2.05. The largest absolute Gasteiger partial charge is 0.384 e. The quantitative estimate of drug-likeness (QED) is 0.899. The van der Waals surface area contributed by atoms with Crippen LogP contribution in [0.5, 0.6) is 0 Å². The Bertz CT molecular complexity index is 594. The van der Waals surface area contributed by atoms with Gasteiger partial charge in [-0.3, -0.25) is 10.1 Å². The minimum Gasteiger partial charge on any atom is -0.384 e. The first-order chi connectivity index (χ1) is 9.08. The highest BCUT2D eigenvalue weighted by Crippen LogP contribution is 2.18. The van der Waals surface area contributed by atoms with E-state index in [0.717, 1.165) is 23.4 Å². The van der Waals surface area contributed by atoms with Gasteiger partial charge in [-0.25, -0.2) is 9.97 Å². The summed E-state index contributed by atoms with van der Waals surface area (Å²) in [4.78, 5) is 21.5. The summed E-state index contributed by atoms with van der Waals surface area (Å²) in [5.74, 6) is 0.159. The van der Waals surface area contributed by atoms with Crippen molar-refractivity contribution in [3.05, 3.63) is 34.5 Å². The molecular weight excluding hydrogens is 260 g/mol. The molecule has 0 atom stereocenters. The van der Waals surface area contributed by atoms with E-state index in [2.05, 4.69) is 22.2 Å². The number of aromatic nitrogens is 2. The second kappa shape index (κ2) is 5.79. The topological polar surface area (TPSA) is 80.9 Å². The SMILES string of the molecule is CCCc1cc(C(=O)Nc2ncc(C)s2)cc(N)n1. The van der Waals surface area contributed by atoms with Gasteiger partial charge in [0.1, 0.15) is 5.82 Å². The normalized spacial score (nSPS) is 10.4. The van der Waals surface area contributed by atoms with Crippen molar-refractivity contribution in [2.24, 2.45) is 0 Å². The molecule has 0 unspecified atom stereocenters. The molecule has 0 radical (unpaired) electrons. The first-order valence-electron chi connectivity index (χ1n) is 6.08. The summed E-state index contributed by atoms with van der Waals surface area (Å²) in [7, 11) is 0. The molecule has 2 aromatic rings. The van der Waals surface area contributed by atoms with E-state index in [1.165, 1.54) is 11.3 Å². The van der Waals surface area contributed by atoms with Gasteiger partial charge in [0, 0.05) is 22.3 Å². The summed E-state index contributed by atoms with van der Waals surface area (Å²) >= 11 is 1.44. The summed E-state index contributed by atoms with van der Waals surface area (Å²) in [6.45, 7) is 4.00. The van der Waals surface area contributed by atoms with Crippen molar-refractivity contribution in [2.45, 2.75) is 26.7 Å². The van der Waals surface area contributed by atoms with Crippen molar-refractivity contribution < 1.29 is 4.79 Å². The Morgan fingerprint density at radius 1 is 1.47 bits per heavy atom. The Morgan fingerprint density at radius 3 is 2.89 bits per heavy atom. The number of nitrogens with two attached hydrogens (primary N) is 1. The lowest BCUT2D eigenvalue weighted by atomic mass is 10.1. The van der Waals surface area contributed by atoms with Gasteiger partial charge in [-0.05, 0) is 25.5 Å². The first kappa shape index (κ1) is 13.5. The first-order valence-corrected chi connectivity index (χ1v) is 6.90. The number of nitrogens with zero attached hydrogens (tertiary/aromatic N) is 2. The second-order valence-electron chi connectivity index (χ2n) is 4.25. The van der Waals surface area contributed by atoms with E-state index in [9.17, 15) is 4.79 Å². The van der Waals surface area contributed by atoms with Crippen LogP contribution in [0.2, 0.25) is 0 Å². The van der Waals surface area contributed by atoms with Crippen LogP contribution in [0.1, 0.15) is 34.3 Å². The number of carbonyl (C=O) groups excluding carboxylic acids is 1. The Hall–Kier alpha value is -1.95. The molecule has 0 saturated heterocycles. The lowest BCUT2D eigenvalue weighted by molar-refractivity contribution is 0.102. The zero-order chi connectivity index (χ0) is 13.8. The zero-order valence-corrected chi connectivity index (χ0v) is 11.8. The molecule has 1 amide bonds. The van der Waals surface area contributed by atoms with Crippen LogP contribution >= 0.6 is 11.3 Å². The number of nitrogens with one attached hydrogen (secondary N) is 1. The molecule has 6 heteroatoms. The van der Waals surface area contributed by atoms with Gasteiger partial charge in [0.2, 0.25) is 0 Å². The van der Waals surface area contributed by atoms with Crippen molar-refractivity contribution in [1.29, 1.82) is 0 Å². The number of pyridine rings is 1. The number of nitrogen functional groups attached to an aromatic ring is 1. The molecular formula is C13H16N4OS. The number of hydrogen-bond acceptors (Lipinski definition) is 5. The van der Waals surface area contributed by atoms with Gasteiger partial charge < -0.3 is 5.73 Å². The van der Waals surface area contributed by atoms with Crippen molar-refractivity contribution >= 4 is 28.2 Å². The Kier molecular flexibility index (Phi) is 4.11. The smallest absolute Gasteiger partial charge is 0.257 e. The molecule has 19 heavy (non-hydrogen) atoms. The number of rotatable bonds is 4. The molecule has 0 spiro atoms. The summed E-state index contributed by atoms with van der Waals surface area (Å²) < 4.78 is 0. The average Bonchev–Trinajstić information content (AvgIpc) is 2.74. The van der Waals surface area contributed by atoms with Crippen LogP contribution < -0.4 is 11.1 Å². The predicted molar refractivity (Wildman–Crippen MR) is 77.4 cm³/mol. The molecule has 0 aliphatic heterocycles. The molecule has 0 saturated carbocycles. The summed E-state index contributed by atoms with van der Waals surface area (Å²) in [6, 6.07) is 3.35. The highest BCUT2D eigenvalue weighted by Gasteiger charge is 2.10. The average molecular weight is 276 g/mol. The van der Waals surface area contributed by atoms with E-state index in [4.69, 9.17) is 5.73 Å². The third-order valence-electron chi connectivity index (χ3n) is 2.51. The standard InChI is InChI=1S/C13H16N4OS/c1-3-4-10-5-9(6-11(14)16-10)12(18)17-13-15-7-8(2)19-13/h5-7H,3-4H2,1-2H3,(H2,14,16)(H,15,17,18). The maximum atomic E-state index is 12.1. The fourth-order valence-electron chi connectivity index (χ4n) is 1.71. The van der Waals surface area contributed by atoms with Crippen molar-refractivity contribution in [3.63, 3.8) is 0 Å². The molecule has 2 rings (SSSR count). The molecule has 2 aromatic heterocycles. The molecule has 0 aliphatic carbocycles. The maximum Gasteiger partial charge on any atom is 0.257 e. The number of thiazole rings is 1. The van der Waals surface area contributed by atoms with Gasteiger partial charge in [0.25, 0.3) is 5.91 Å². The van der Waals surface area contributed by atoms with Crippen molar-refractivity contribution in [2.75, 3.05) is 11.1 Å². The van der Waals surface area contributed by atoms with E-state index in [-0.39, 0.29) is 5.91 Å². The Labute approximate surface area is 115 Å². The maximum absolute atomic E-state index is 12.1. The highest BCUT2D eigenvalue weighted by atomic mass is 32.1. The fourth-order valence-corrected chi connectivity index (χ4v) is 2.37. The van der Waals surface area contributed by atoms with Gasteiger partial charge in [0.15, 0.2) is 5.13 Å². The monoisotopic (exact) mass is 276 g/mol. The molecule has 5 nitrogen and oxygen atoms in total. The van der Waals surface area contributed by atoms with E-state index < -0.39 is 0 Å². The molecule has 0 aromatic carbocycles.